The summed E-state index contributed by atoms with van der Waals surface area (Å²) < 4.78 is 42.3. The summed E-state index contributed by atoms with van der Waals surface area (Å²) in [5, 5.41) is 3.15. The van der Waals surface area contributed by atoms with Gasteiger partial charge in [0.1, 0.15) is 6.67 Å². The van der Waals surface area contributed by atoms with Crippen LogP contribution >= 0.6 is 11.8 Å². The van der Waals surface area contributed by atoms with Gasteiger partial charge >= 0.3 is 6.03 Å². The Morgan fingerprint density at radius 3 is 2.50 bits per heavy atom. The fourth-order valence-electron chi connectivity index (χ4n) is 6.12. The second-order valence-electron chi connectivity index (χ2n) is 11.3. The number of carbonyl (C=O) groups excluding carboxylic acids is 2. The van der Waals surface area contributed by atoms with Crippen molar-refractivity contribution in [3.05, 3.63) is 0 Å². The Morgan fingerprint density at radius 2 is 1.92 bits per heavy atom. The molecule has 0 aromatic rings. The molecule has 3 N–H and O–H groups in total. The zero-order valence-corrected chi connectivity index (χ0v) is 22.7. The fraction of sp³-hybridized carbons (Fsp3) is 0.913. The predicted octanol–water partition coefficient (Wildman–Crippen LogP) is 1.33. The molecule has 3 amide bonds. The second kappa shape index (κ2) is 9.96. The Morgan fingerprint density at radius 1 is 1.17 bits per heavy atom. The molecule has 10 nitrogen and oxygen atoms in total. The summed E-state index contributed by atoms with van der Waals surface area (Å²) >= 11 is 1.78. The monoisotopic (exact) mass is 547 g/mol. The molecule has 13 heteroatoms. The van der Waals surface area contributed by atoms with Crippen molar-refractivity contribution < 1.29 is 27.2 Å². The summed E-state index contributed by atoms with van der Waals surface area (Å²) in [5.41, 5.74) is 1.92. The molecule has 0 aromatic heterocycles. The number of alkyl halides is 1. The number of rotatable bonds is 8. The number of hydrogen-bond acceptors (Lipinski definition) is 8. The maximum atomic E-state index is 13.7. The van der Waals surface area contributed by atoms with Crippen LogP contribution in [-0.2, 0) is 19.7 Å². The summed E-state index contributed by atoms with van der Waals surface area (Å²) in [6.07, 6.45) is 2.25. The SMILES string of the molecule is CC1CC(CN2C(=O)C3CC(S(=O)(=O)NC4(CF)CC4)CCC3N(CC3SC(C)NC3C)C2=O)ON1. The largest absolute Gasteiger partial charge is 0.327 e. The molecule has 204 valence electrons. The third-order valence-electron chi connectivity index (χ3n) is 8.38. The zero-order chi connectivity index (χ0) is 25.8. The van der Waals surface area contributed by atoms with Crippen LogP contribution in [0.2, 0.25) is 0 Å². The molecular weight excluding hydrogens is 509 g/mol. The van der Waals surface area contributed by atoms with E-state index in [0.29, 0.717) is 38.6 Å². The number of halogens is 1. The van der Waals surface area contributed by atoms with Gasteiger partial charge < -0.3 is 10.2 Å². The molecule has 5 rings (SSSR count). The fourth-order valence-corrected chi connectivity index (χ4v) is 9.43. The van der Waals surface area contributed by atoms with Gasteiger partial charge in [0, 0.05) is 29.9 Å². The van der Waals surface area contributed by atoms with Gasteiger partial charge in [-0.25, -0.2) is 22.3 Å². The smallest absolute Gasteiger partial charge is 0.319 e. The maximum Gasteiger partial charge on any atom is 0.327 e. The minimum absolute atomic E-state index is 0.123. The normalized spacial score (nSPS) is 40.6. The molecule has 0 radical (unpaired) electrons. The third-order valence-corrected chi connectivity index (χ3v) is 11.9. The summed E-state index contributed by atoms with van der Waals surface area (Å²) in [5.74, 6) is -0.938. The third kappa shape index (κ3) is 5.15. The number of amides is 3. The van der Waals surface area contributed by atoms with E-state index in [1.165, 1.54) is 4.90 Å². The highest BCUT2D eigenvalue weighted by Crippen LogP contribution is 2.41. The highest BCUT2D eigenvalue weighted by Gasteiger charge is 2.54. The molecule has 5 aliphatic rings. The van der Waals surface area contributed by atoms with E-state index >= 15 is 0 Å². The molecule has 8 atom stereocenters. The van der Waals surface area contributed by atoms with Crippen LogP contribution in [0.4, 0.5) is 9.18 Å². The van der Waals surface area contributed by atoms with Crippen LogP contribution in [0.25, 0.3) is 0 Å². The molecule has 0 aromatic carbocycles. The molecule has 2 saturated carbocycles. The minimum Gasteiger partial charge on any atom is -0.319 e. The van der Waals surface area contributed by atoms with Crippen LogP contribution < -0.4 is 15.5 Å². The standard InChI is InChI=1S/C23H38FN5O5S2/c1-13-8-16(34-26-13)10-29-21(30)18-9-17(36(32,33)27-23(12-24)6-7-23)4-5-19(18)28(22(29)31)11-20-14(2)25-15(3)35-20/h13-20,25-27H,4-12H2,1-3H3. The molecule has 3 aliphatic heterocycles. The van der Waals surface area contributed by atoms with Crippen LogP contribution in [0.1, 0.15) is 59.3 Å². The van der Waals surface area contributed by atoms with Crippen molar-refractivity contribution in [2.75, 3.05) is 19.8 Å². The van der Waals surface area contributed by atoms with Crippen LogP contribution in [0.5, 0.6) is 0 Å². The first kappa shape index (κ1) is 26.6. The van der Waals surface area contributed by atoms with Crippen LogP contribution in [-0.4, -0.2) is 95.6 Å². The molecule has 0 bridgehead atoms. The number of nitrogens with zero attached hydrogens (tertiary/aromatic N) is 2. The first-order chi connectivity index (χ1) is 17.0. The van der Waals surface area contributed by atoms with Gasteiger partial charge in [0.2, 0.25) is 15.9 Å². The number of hydrogen-bond donors (Lipinski definition) is 3. The van der Waals surface area contributed by atoms with Crippen molar-refractivity contribution in [3.8, 4) is 0 Å². The molecule has 8 unspecified atom stereocenters. The number of nitrogens with one attached hydrogen (secondary N) is 3. The lowest BCUT2D eigenvalue weighted by atomic mass is 9.80. The molecule has 3 heterocycles. The lowest BCUT2D eigenvalue weighted by Gasteiger charge is -2.49. The average molecular weight is 548 g/mol. The highest BCUT2D eigenvalue weighted by molar-refractivity contribution is 8.00. The van der Waals surface area contributed by atoms with E-state index < -0.39 is 33.4 Å². The van der Waals surface area contributed by atoms with E-state index in [9.17, 15) is 22.4 Å². The predicted molar refractivity (Wildman–Crippen MR) is 134 cm³/mol. The number of thioether (sulfide) groups is 1. The van der Waals surface area contributed by atoms with Gasteiger partial charge in [-0.3, -0.25) is 14.5 Å². The first-order valence-electron chi connectivity index (χ1n) is 13.1. The number of carbonyl (C=O) groups is 2. The first-order valence-corrected chi connectivity index (χ1v) is 15.5. The number of urea groups is 1. The molecule has 5 fully saturated rings. The van der Waals surface area contributed by atoms with E-state index in [4.69, 9.17) is 4.84 Å². The summed E-state index contributed by atoms with van der Waals surface area (Å²) in [7, 11) is -3.79. The van der Waals surface area contributed by atoms with E-state index in [-0.39, 0.29) is 59.8 Å². The minimum atomic E-state index is -3.79. The van der Waals surface area contributed by atoms with Gasteiger partial charge in [-0.2, -0.15) is 5.48 Å². The Balaban J connectivity index is 1.37. The van der Waals surface area contributed by atoms with Crippen molar-refractivity contribution in [1.82, 2.24) is 25.3 Å². The van der Waals surface area contributed by atoms with Crippen molar-refractivity contribution in [1.29, 1.82) is 0 Å². The van der Waals surface area contributed by atoms with E-state index in [1.807, 2.05) is 11.8 Å². The van der Waals surface area contributed by atoms with Crippen molar-refractivity contribution in [2.24, 2.45) is 5.92 Å². The molecule has 0 spiro atoms. The van der Waals surface area contributed by atoms with Crippen molar-refractivity contribution in [2.45, 2.75) is 105 Å². The number of hydroxylamine groups is 1. The summed E-state index contributed by atoms with van der Waals surface area (Å²) in [6, 6.07) is -0.320. The Labute approximate surface area is 216 Å². The van der Waals surface area contributed by atoms with E-state index in [0.717, 1.165) is 0 Å². The highest BCUT2D eigenvalue weighted by atomic mass is 32.2. The van der Waals surface area contributed by atoms with Crippen LogP contribution in [0, 0.1) is 5.92 Å². The molecule has 3 saturated heterocycles. The van der Waals surface area contributed by atoms with E-state index in [1.54, 1.807) is 11.8 Å². The van der Waals surface area contributed by atoms with Gasteiger partial charge in [0.15, 0.2) is 0 Å². The topological polar surface area (TPSA) is 120 Å². The van der Waals surface area contributed by atoms with Gasteiger partial charge in [-0.05, 0) is 59.3 Å². The zero-order valence-electron chi connectivity index (χ0n) is 21.1. The van der Waals surface area contributed by atoms with Gasteiger partial charge in [0.05, 0.1) is 34.7 Å². The lowest BCUT2D eigenvalue weighted by Crippen LogP contribution is -2.66. The molecule has 2 aliphatic carbocycles. The number of fused-ring (bicyclic) bond motifs is 1. The summed E-state index contributed by atoms with van der Waals surface area (Å²) in [6.45, 7) is 6.07. The van der Waals surface area contributed by atoms with Gasteiger partial charge in [0.25, 0.3) is 0 Å². The Hall–Kier alpha value is -0.990. The lowest BCUT2D eigenvalue weighted by molar-refractivity contribution is -0.142. The van der Waals surface area contributed by atoms with Gasteiger partial charge in [-0.15, -0.1) is 11.8 Å². The molecular formula is C23H38FN5O5S2. The van der Waals surface area contributed by atoms with E-state index in [2.05, 4.69) is 29.4 Å². The van der Waals surface area contributed by atoms with Crippen LogP contribution in [0.3, 0.4) is 0 Å². The Bertz CT molecular complexity index is 982. The molecule has 36 heavy (non-hydrogen) atoms. The quantitative estimate of drug-likeness (QED) is 0.416. The Kier molecular flexibility index (Phi) is 7.36. The van der Waals surface area contributed by atoms with Crippen LogP contribution in [0.15, 0.2) is 0 Å². The van der Waals surface area contributed by atoms with Gasteiger partial charge in [-0.1, -0.05) is 0 Å². The second-order valence-corrected chi connectivity index (χ2v) is 14.9. The number of imide groups is 1. The van der Waals surface area contributed by atoms with Crippen molar-refractivity contribution in [3.63, 3.8) is 0 Å². The maximum absolute atomic E-state index is 13.7. The average Bonchev–Trinajstić information content (AvgIpc) is 3.35. The number of sulfonamides is 1. The summed E-state index contributed by atoms with van der Waals surface area (Å²) in [4.78, 5) is 36.0. The van der Waals surface area contributed by atoms with Crippen molar-refractivity contribution >= 4 is 33.7 Å².